The van der Waals surface area contributed by atoms with E-state index < -0.39 is 17.3 Å². The molecule has 0 spiro atoms. The summed E-state index contributed by atoms with van der Waals surface area (Å²) < 4.78 is 14.3. The summed E-state index contributed by atoms with van der Waals surface area (Å²) in [5.74, 6) is -0.997. The van der Waals surface area contributed by atoms with Crippen LogP contribution in [0.15, 0.2) is 29.3 Å². The minimum atomic E-state index is -0.953. The molecule has 8 heteroatoms. The molecule has 3 aromatic heterocycles. The maximum absolute atomic E-state index is 14.3. The monoisotopic (exact) mass is 405 g/mol. The Hall–Kier alpha value is -3.60. The van der Waals surface area contributed by atoms with Gasteiger partial charge in [-0.1, -0.05) is 0 Å². The molecule has 0 unspecified atom stereocenters. The van der Waals surface area contributed by atoms with Crippen molar-refractivity contribution < 1.29 is 9.18 Å². The third-order valence-corrected chi connectivity index (χ3v) is 5.79. The van der Waals surface area contributed by atoms with Gasteiger partial charge in [-0.2, -0.15) is 5.26 Å². The van der Waals surface area contributed by atoms with Gasteiger partial charge in [-0.15, -0.1) is 0 Å². The van der Waals surface area contributed by atoms with Crippen molar-refractivity contribution in [1.82, 2.24) is 20.3 Å². The van der Waals surface area contributed by atoms with Crippen molar-refractivity contribution in [3.8, 4) is 6.07 Å². The first kappa shape index (κ1) is 19.7. The molecule has 1 fully saturated rings. The van der Waals surface area contributed by atoms with Gasteiger partial charge in [0.2, 0.25) is 5.91 Å². The molecule has 1 amide bonds. The molecule has 0 aromatic carbocycles. The summed E-state index contributed by atoms with van der Waals surface area (Å²) in [6.45, 7) is 5.32. The van der Waals surface area contributed by atoms with Gasteiger partial charge in [0, 0.05) is 29.0 Å². The molecular weight excluding hydrogens is 385 g/mol. The Bertz CT molecular complexity index is 1290. The number of nitrogens with zero attached hydrogens (tertiary/aromatic N) is 3. The first-order valence-electron chi connectivity index (χ1n) is 9.63. The van der Waals surface area contributed by atoms with Crippen LogP contribution < -0.4 is 10.9 Å². The number of hydrogen-bond acceptors (Lipinski definition) is 5. The lowest BCUT2D eigenvalue weighted by Gasteiger charge is -2.21. The lowest BCUT2D eigenvalue weighted by Crippen LogP contribution is -2.40. The molecule has 1 atom stereocenters. The quantitative estimate of drug-likeness (QED) is 0.693. The molecule has 3 heterocycles. The Morgan fingerprint density at radius 1 is 1.37 bits per heavy atom. The van der Waals surface area contributed by atoms with Crippen LogP contribution in [0.4, 0.5) is 4.39 Å². The molecule has 0 saturated heterocycles. The van der Waals surface area contributed by atoms with E-state index in [1.807, 2.05) is 19.9 Å². The molecule has 4 rings (SSSR count). The highest BCUT2D eigenvalue weighted by Gasteiger charge is 2.54. The molecule has 152 valence electrons. The zero-order valence-corrected chi connectivity index (χ0v) is 16.8. The second kappa shape index (κ2) is 7.02. The van der Waals surface area contributed by atoms with E-state index in [9.17, 15) is 14.0 Å². The molecule has 0 aliphatic heterocycles. The zero-order valence-electron chi connectivity index (χ0n) is 16.8. The SMILES string of the molecule is Cc1nccc2[nH]c(=O)c(C3(C(=O)N[C@H](C)c4ncc(C#N)cc4F)CC3)c(C)c12. The van der Waals surface area contributed by atoms with E-state index in [1.165, 1.54) is 6.20 Å². The zero-order chi connectivity index (χ0) is 21.6. The Balaban J connectivity index is 1.70. The predicted octanol–water partition coefficient (Wildman–Crippen LogP) is 2.85. The number of fused-ring (bicyclic) bond motifs is 1. The number of amides is 1. The number of aromatic nitrogens is 3. The second-order valence-electron chi connectivity index (χ2n) is 7.75. The number of hydrogen-bond donors (Lipinski definition) is 2. The van der Waals surface area contributed by atoms with E-state index in [1.54, 1.807) is 19.2 Å². The van der Waals surface area contributed by atoms with Crippen molar-refractivity contribution in [2.75, 3.05) is 0 Å². The van der Waals surface area contributed by atoms with Crippen molar-refractivity contribution in [2.24, 2.45) is 0 Å². The molecule has 1 aliphatic rings. The fourth-order valence-corrected chi connectivity index (χ4v) is 4.15. The van der Waals surface area contributed by atoms with Crippen LogP contribution in [-0.2, 0) is 10.2 Å². The molecule has 7 nitrogen and oxygen atoms in total. The van der Waals surface area contributed by atoms with Crippen LogP contribution in [-0.4, -0.2) is 20.9 Å². The standard InChI is InChI=1S/C22H20FN5O2/c1-11-17-12(2)25-7-4-16(17)28-20(29)18(11)22(5-6-22)21(30)27-13(3)19-15(23)8-14(9-24)10-26-19/h4,7-8,10,13H,5-6H2,1-3H3,(H,27,30)(H,28,29)/t13-/m1/s1. The van der Waals surface area contributed by atoms with Gasteiger partial charge >= 0.3 is 0 Å². The number of aromatic amines is 1. The van der Waals surface area contributed by atoms with Gasteiger partial charge in [-0.3, -0.25) is 19.6 Å². The first-order valence-corrected chi connectivity index (χ1v) is 9.63. The Labute approximate surface area is 172 Å². The Morgan fingerprint density at radius 3 is 2.73 bits per heavy atom. The van der Waals surface area contributed by atoms with Gasteiger partial charge in [0.1, 0.15) is 11.9 Å². The van der Waals surface area contributed by atoms with E-state index in [4.69, 9.17) is 5.26 Å². The molecular formula is C22H20FN5O2. The number of pyridine rings is 3. The van der Waals surface area contributed by atoms with Gasteiger partial charge in [-0.25, -0.2) is 4.39 Å². The number of nitrogens with one attached hydrogen (secondary N) is 2. The summed E-state index contributed by atoms with van der Waals surface area (Å²) in [6.07, 6.45) is 3.96. The normalized spacial score (nSPS) is 15.4. The van der Waals surface area contributed by atoms with Crippen LogP contribution in [0.25, 0.3) is 10.9 Å². The number of aryl methyl sites for hydroxylation is 2. The number of carbonyl (C=O) groups is 1. The Morgan fingerprint density at radius 2 is 2.10 bits per heavy atom. The van der Waals surface area contributed by atoms with Crippen LogP contribution in [0.5, 0.6) is 0 Å². The smallest absolute Gasteiger partial charge is 0.252 e. The molecule has 3 aromatic rings. The van der Waals surface area contributed by atoms with Gasteiger partial charge in [-0.05, 0) is 51.3 Å². The lowest BCUT2D eigenvalue weighted by molar-refractivity contribution is -0.124. The first-order chi connectivity index (χ1) is 14.3. The van der Waals surface area contributed by atoms with E-state index >= 15 is 0 Å². The van der Waals surface area contributed by atoms with Crippen molar-refractivity contribution in [3.05, 3.63) is 68.8 Å². The second-order valence-corrected chi connectivity index (χ2v) is 7.75. The summed E-state index contributed by atoms with van der Waals surface area (Å²) in [5, 5.41) is 12.5. The largest absolute Gasteiger partial charge is 0.347 e. The maximum atomic E-state index is 14.3. The van der Waals surface area contributed by atoms with Gasteiger partial charge in [0.15, 0.2) is 0 Å². The van der Waals surface area contributed by atoms with Gasteiger partial charge < -0.3 is 10.3 Å². The summed E-state index contributed by atoms with van der Waals surface area (Å²) in [6, 6.07) is 3.94. The van der Waals surface area contributed by atoms with E-state index in [0.717, 1.165) is 22.7 Å². The number of halogens is 1. The number of carbonyl (C=O) groups excluding carboxylic acids is 1. The fourth-order valence-electron chi connectivity index (χ4n) is 4.15. The topological polar surface area (TPSA) is 112 Å². The van der Waals surface area contributed by atoms with E-state index in [2.05, 4.69) is 20.3 Å². The number of nitriles is 1. The van der Waals surface area contributed by atoms with Crippen molar-refractivity contribution in [3.63, 3.8) is 0 Å². The molecule has 0 bridgehead atoms. The molecule has 1 aliphatic carbocycles. The highest BCUT2D eigenvalue weighted by molar-refractivity contribution is 5.94. The highest BCUT2D eigenvalue weighted by Crippen LogP contribution is 2.49. The Kier molecular flexibility index (Phi) is 4.61. The third-order valence-electron chi connectivity index (χ3n) is 5.79. The minimum Gasteiger partial charge on any atom is -0.347 e. The number of rotatable bonds is 4. The molecule has 30 heavy (non-hydrogen) atoms. The maximum Gasteiger partial charge on any atom is 0.252 e. The van der Waals surface area contributed by atoms with Crippen LogP contribution in [0.2, 0.25) is 0 Å². The average molecular weight is 405 g/mol. The average Bonchev–Trinajstić information content (AvgIpc) is 3.49. The van der Waals surface area contributed by atoms with Gasteiger partial charge in [0.05, 0.1) is 28.2 Å². The van der Waals surface area contributed by atoms with Crippen LogP contribution in [0.1, 0.15) is 53.9 Å². The van der Waals surface area contributed by atoms with Crippen molar-refractivity contribution >= 4 is 16.8 Å². The molecule has 2 N–H and O–H groups in total. The molecule has 0 radical (unpaired) electrons. The lowest BCUT2D eigenvalue weighted by atomic mass is 9.89. The minimum absolute atomic E-state index is 0.0438. The van der Waals surface area contributed by atoms with Crippen LogP contribution in [0.3, 0.4) is 0 Å². The van der Waals surface area contributed by atoms with Crippen molar-refractivity contribution in [1.29, 1.82) is 5.26 Å². The highest BCUT2D eigenvalue weighted by atomic mass is 19.1. The van der Waals surface area contributed by atoms with E-state index in [0.29, 0.717) is 23.9 Å². The van der Waals surface area contributed by atoms with Gasteiger partial charge in [0.25, 0.3) is 5.56 Å². The van der Waals surface area contributed by atoms with Crippen LogP contribution >= 0.6 is 0 Å². The third kappa shape index (κ3) is 3.03. The summed E-state index contributed by atoms with van der Waals surface area (Å²) in [5.41, 5.74) is 1.53. The van der Waals surface area contributed by atoms with E-state index in [-0.39, 0.29) is 22.7 Å². The summed E-state index contributed by atoms with van der Waals surface area (Å²) >= 11 is 0. The number of H-pyrrole nitrogens is 1. The predicted molar refractivity (Wildman–Crippen MR) is 108 cm³/mol. The summed E-state index contributed by atoms with van der Waals surface area (Å²) in [4.78, 5) is 37.2. The summed E-state index contributed by atoms with van der Waals surface area (Å²) in [7, 11) is 0. The van der Waals surface area contributed by atoms with Crippen molar-refractivity contribution in [2.45, 2.75) is 45.1 Å². The molecule has 1 saturated carbocycles. The van der Waals surface area contributed by atoms with Crippen LogP contribution in [0, 0.1) is 31.0 Å². The fraction of sp³-hybridized carbons (Fsp3) is 0.318.